The molecule has 1 aromatic heterocycles. The maximum atomic E-state index is 5.71. The third-order valence-electron chi connectivity index (χ3n) is 2.80. The van der Waals surface area contributed by atoms with Crippen LogP contribution in [0.5, 0.6) is 0 Å². The van der Waals surface area contributed by atoms with Crippen LogP contribution in [0.3, 0.4) is 0 Å². The van der Waals surface area contributed by atoms with Gasteiger partial charge in [0.2, 0.25) is 0 Å². The second-order valence-corrected chi connectivity index (χ2v) is 4.74. The lowest BCUT2D eigenvalue weighted by atomic mass is 9.97. The molecule has 1 aromatic rings. The molecule has 0 saturated carbocycles. The molecular weight excluding hydrogens is 196 g/mol. The van der Waals surface area contributed by atoms with E-state index < -0.39 is 0 Å². The Morgan fingerprint density at radius 3 is 3.07 bits per heavy atom. The van der Waals surface area contributed by atoms with Crippen LogP contribution < -0.4 is 11.3 Å². The Labute approximate surface area is 88.2 Å². The van der Waals surface area contributed by atoms with Gasteiger partial charge in [-0.25, -0.2) is 5.43 Å². The molecule has 0 aliphatic carbocycles. The van der Waals surface area contributed by atoms with Crippen LogP contribution in [0, 0.1) is 5.92 Å². The standard InChI is InChI=1S/C10H16N2OS/c1-7-4-5-13-10(7)9(12-11)8-3-2-6-14-8/h2-3,6-7,9-10,12H,4-5,11H2,1H3. The highest BCUT2D eigenvalue weighted by atomic mass is 32.1. The summed E-state index contributed by atoms with van der Waals surface area (Å²) in [7, 11) is 0. The number of rotatable bonds is 3. The molecule has 3 nitrogen and oxygen atoms in total. The number of hydrogen-bond donors (Lipinski definition) is 2. The fourth-order valence-corrected chi connectivity index (χ4v) is 2.77. The van der Waals surface area contributed by atoms with E-state index in [1.165, 1.54) is 4.88 Å². The second kappa shape index (κ2) is 4.40. The maximum absolute atomic E-state index is 5.71. The first-order chi connectivity index (χ1) is 6.83. The van der Waals surface area contributed by atoms with E-state index in [-0.39, 0.29) is 12.1 Å². The van der Waals surface area contributed by atoms with Gasteiger partial charge in [-0.3, -0.25) is 5.84 Å². The molecular formula is C10H16N2OS. The molecule has 0 aromatic carbocycles. The molecule has 3 atom stereocenters. The van der Waals surface area contributed by atoms with Gasteiger partial charge >= 0.3 is 0 Å². The largest absolute Gasteiger partial charge is 0.376 e. The van der Waals surface area contributed by atoms with Crippen LogP contribution in [0.1, 0.15) is 24.3 Å². The van der Waals surface area contributed by atoms with E-state index in [0.717, 1.165) is 13.0 Å². The minimum Gasteiger partial charge on any atom is -0.376 e. The van der Waals surface area contributed by atoms with Crippen molar-refractivity contribution in [3.05, 3.63) is 22.4 Å². The highest BCUT2D eigenvalue weighted by molar-refractivity contribution is 7.10. The predicted octanol–water partition coefficient (Wildman–Crippen LogP) is 1.68. The number of ether oxygens (including phenoxy) is 1. The van der Waals surface area contributed by atoms with Crippen molar-refractivity contribution in [2.24, 2.45) is 11.8 Å². The fourth-order valence-electron chi connectivity index (χ4n) is 1.95. The molecule has 2 heterocycles. The van der Waals surface area contributed by atoms with Crippen molar-refractivity contribution in [2.75, 3.05) is 6.61 Å². The van der Waals surface area contributed by atoms with E-state index in [2.05, 4.69) is 23.8 Å². The zero-order chi connectivity index (χ0) is 9.97. The predicted molar refractivity (Wildman–Crippen MR) is 57.9 cm³/mol. The van der Waals surface area contributed by atoms with Crippen molar-refractivity contribution in [2.45, 2.75) is 25.5 Å². The van der Waals surface area contributed by atoms with Gasteiger partial charge in [0.1, 0.15) is 0 Å². The van der Waals surface area contributed by atoms with Gasteiger partial charge in [0.05, 0.1) is 12.1 Å². The van der Waals surface area contributed by atoms with Gasteiger partial charge in [-0.2, -0.15) is 0 Å². The van der Waals surface area contributed by atoms with E-state index in [9.17, 15) is 0 Å². The topological polar surface area (TPSA) is 47.3 Å². The van der Waals surface area contributed by atoms with Gasteiger partial charge in [0, 0.05) is 11.5 Å². The van der Waals surface area contributed by atoms with E-state index in [1.807, 2.05) is 6.07 Å². The first-order valence-electron chi connectivity index (χ1n) is 4.94. The second-order valence-electron chi connectivity index (χ2n) is 3.76. The molecule has 2 rings (SSSR count). The molecule has 3 unspecified atom stereocenters. The molecule has 14 heavy (non-hydrogen) atoms. The van der Waals surface area contributed by atoms with Crippen LogP contribution in [0.2, 0.25) is 0 Å². The summed E-state index contributed by atoms with van der Waals surface area (Å²) in [4.78, 5) is 1.26. The summed E-state index contributed by atoms with van der Waals surface area (Å²) in [6, 6.07) is 4.29. The fraction of sp³-hybridized carbons (Fsp3) is 0.600. The number of hydrogen-bond acceptors (Lipinski definition) is 4. The smallest absolute Gasteiger partial charge is 0.0817 e. The van der Waals surface area contributed by atoms with Gasteiger partial charge in [0.15, 0.2) is 0 Å². The number of nitrogens with two attached hydrogens (primary N) is 1. The SMILES string of the molecule is CC1CCOC1C(NN)c1cccs1. The zero-order valence-corrected chi connectivity index (χ0v) is 9.09. The number of nitrogens with one attached hydrogen (secondary N) is 1. The van der Waals surface area contributed by atoms with Crippen molar-refractivity contribution in [3.8, 4) is 0 Å². The van der Waals surface area contributed by atoms with Crippen molar-refractivity contribution in [1.29, 1.82) is 0 Å². The summed E-state index contributed by atoms with van der Waals surface area (Å²) in [6.07, 6.45) is 1.35. The maximum Gasteiger partial charge on any atom is 0.0817 e. The Bertz CT molecular complexity index is 276. The van der Waals surface area contributed by atoms with Gasteiger partial charge < -0.3 is 4.74 Å². The highest BCUT2D eigenvalue weighted by Crippen LogP contribution is 2.32. The first kappa shape index (κ1) is 10.1. The third-order valence-corrected chi connectivity index (χ3v) is 3.76. The Balaban J connectivity index is 2.13. The Hall–Kier alpha value is -0.420. The summed E-state index contributed by atoms with van der Waals surface area (Å²) in [5.41, 5.74) is 2.86. The monoisotopic (exact) mass is 212 g/mol. The quantitative estimate of drug-likeness (QED) is 0.592. The number of thiophene rings is 1. The average Bonchev–Trinajstić information content (AvgIpc) is 2.80. The lowest BCUT2D eigenvalue weighted by molar-refractivity contribution is 0.0618. The van der Waals surface area contributed by atoms with Crippen LogP contribution in [-0.2, 0) is 4.74 Å². The Morgan fingerprint density at radius 1 is 1.71 bits per heavy atom. The molecule has 0 radical (unpaired) electrons. The average molecular weight is 212 g/mol. The van der Waals surface area contributed by atoms with Gasteiger partial charge in [-0.05, 0) is 23.8 Å². The lowest BCUT2D eigenvalue weighted by Crippen LogP contribution is -2.38. The molecule has 0 amide bonds. The summed E-state index contributed by atoms with van der Waals surface area (Å²) in [6.45, 7) is 3.07. The normalized spacial score (nSPS) is 29.3. The molecule has 1 aliphatic rings. The minimum absolute atomic E-state index is 0.146. The Kier molecular flexibility index (Phi) is 3.18. The van der Waals surface area contributed by atoms with Crippen molar-refractivity contribution in [1.82, 2.24) is 5.43 Å². The Morgan fingerprint density at radius 2 is 2.57 bits per heavy atom. The van der Waals surface area contributed by atoms with Gasteiger partial charge in [-0.1, -0.05) is 13.0 Å². The van der Waals surface area contributed by atoms with Gasteiger partial charge in [-0.15, -0.1) is 11.3 Å². The third kappa shape index (κ3) is 1.83. The summed E-state index contributed by atoms with van der Waals surface area (Å²) in [5, 5.41) is 2.07. The van der Waals surface area contributed by atoms with Crippen molar-refractivity contribution < 1.29 is 4.74 Å². The van der Waals surface area contributed by atoms with Crippen LogP contribution in [-0.4, -0.2) is 12.7 Å². The molecule has 1 saturated heterocycles. The first-order valence-corrected chi connectivity index (χ1v) is 5.82. The van der Waals surface area contributed by atoms with Crippen molar-refractivity contribution >= 4 is 11.3 Å². The molecule has 1 aliphatic heterocycles. The van der Waals surface area contributed by atoms with E-state index in [4.69, 9.17) is 10.6 Å². The molecule has 3 N–H and O–H groups in total. The molecule has 4 heteroatoms. The molecule has 78 valence electrons. The highest BCUT2D eigenvalue weighted by Gasteiger charge is 2.32. The van der Waals surface area contributed by atoms with Gasteiger partial charge in [0.25, 0.3) is 0 Å². The van der Waals surface area contributed by atoms with E-state index in [0.29, 0.717) is 5.92 Å². The lowest BCUT2D eigenvalue weighted by Gasteiger charge is -2.24. The summed E-state index contributed by atoms with van der Waals surface area (Å²) >= 11 is 1.72. The summed E-state index contributed by atoms with van der Waals surface area (Å²) < 4.78 is 5.71. The molecule has 1 fully saturated rings. The molecule has 0 bridgehead atoms. The van der Waals surface area contributed by atoms with Crippen LogP contribution in [0.4, 0.5) is 0 Å². The van der Waals surface area contributed by atoms with Crippen LogP contribution >= 0.6 is 11.3 Å². The van der Waals surface area contributed by atoms with E-state index in [1.54, 1.807) is 11.3 Å². The van der Waals surface area contributed by atoms with Crippen LogP contribution in [0.25, 0.3) is 0 Å². The zero-order valence-electron chi connectivity index (χ0n) is 8.27. The number of hydrazine groups is 1. The van der Waals surface area contributed by atoms with E-state index >= 15 is 0 Å². The van der Waals surface area contributed by atoms with Crippen LogP contribution in [0.15, 0.2) is 17.5 Å². The minimum atomic E-state index is 0.146. The molecule has 0 spiro atoms. The van der Waals surface area contributed by atoms with Crippen molar-refractivity contribution in [3.63, 3.8) is 0 Å². The summed E-state index contributed by atoms with van der Waals surface area (Å²) in [5.74, 6) is 6.16.